The van der Waals surface area contributed by atoms with Gasteiger partial charge >= 0.3 is 0 Å². The van der Waals surface area contributed by atoms with Gasteiger partial charge in [-0.25, -0.2) is 0 Å². The maximum atomic E-state index is 12.5. The summed E-state index contributed by atoms with van der Waals surface area (Å²) >= 11 is 6.01. The number of fused-ring (bicyclic) bond motifs is 1. The number of hydrogen-bond acceptors (Lipinski definition) is 2. The third-order valence-corrected chi connectivity index (χ3v) is 4.03. The molecule has 4 nitrogen and oxygen atoms in total. The smallest absolute Gasteiger partial charge is 0.272 e. The normalized spacial score (nSPS) is 10.7. The number of rotatable bonds is 3. The van der Waals surface area contributed by atoms with Gasteiger partial charge in [-0.3, -0.25) is 9.59 Å². The molecule has 2 aromatic carbocycles. The lowest BCUT2D eigenvalue weighted by atomic mass is 10.1. The minimum Gasteiger partial charge on any atom is -0.350 e. The summed E-state index contributed by atoms with van der Waals surface area (Å²) < 4.78 is 0. The summed E-state index contributed by atoms with van der Waals surface area (Å²) in [7, 11) is 0. The number of anilines is 1. The predicted octanol–water partition coefficient (Wildman–Crippen LogP) is 4.58. The maximum Gasteiger partial charge on any atom is 0.272 e. The molecule has 0 spiro atoms. The number of halogens is 1. The molecule has 3 aromatic rings. The molecule has 116 valence electrons. The van der Waals surface area contributed by atoms with Crippen molar-refractivity contribution in [2.24, 2.45) is 0 Å². The number of H-pyrrole nitrogens is 1. The monoisotopic (exact) mass is 326 g/mol. The average Bonchev–Trinajstić information content (AvgIpc) is 2.85. The Labute approximate surface area is 138 Å². The van der Waals surface area contributed by atoms with E-state index in [4.69, 9.17) is 11.6 Å². The second kappa shape index (κ2) is 5.89. The molecule has 1 aromatic heterocycles. The zero-order chi connectivity index (χ0) is 16.6. The van der Waals surface area contributed by atoms with Crippen molar-refractivity contribution >= 4 is 39.9 Å². The molecular formula is C18H15ClN2O2. The largest absolute Gasteiger partial charge is 0.350 e. The van der Waals surface area contributed by atoms with Crippen LogP contribution in [0.3, 0.4) is 0 Å². The topological polar surface area (TPSA) is 62.0 Å². The summed E-state index contributed by atoms with van der Waals surface area (Å²) in [6.07, 6.45) is 0. The molecule has 0 radical (unpaired) electrons. The van der Waals surface area contributed by atoms with Gasteiger partial charge < -0.3 is 10.3 Å². The zero-order valence-corrected chi connectivity index (χ0v) is 13.5. The average molecular weight is 327 g/mol. The van der Waals surface area contributed by atoms with Crippen molar-refractivity contribution in [3.8, 4) is 0 Å². The van der Waals surface area contributed by atoms with Crippen molar-refractivity contribution in [1.82, 2.24) is 4.98 Å². The van der Waals surface area contributed by atoms with Gasteiger partial charge in [0.05, 0.1) is 0 Å². The highest BCUT2D eigenvalue weighted by atomic mass is 35.5. The first kappa shape index (κ1) is 15.3. The molecule has 0 saturated heterocycles. The highest BCUT2D eigenvalue weighted by Gasteiger charge is 2.15. The molecule has 1 amide bonds. The fourth-order valence-electron chi connectivity index (χ4n) is 2.51. The summed E-state index contributed by atoms with van der Waals surface area (Å²) in [5.41, 5.74) is 3.46. The van der Waals surface area contributed by atoms with Gasteiger partial charge in [-0.2, -0.15) is 0 Å². The van der Waals surface area contributed by atoms with Crippen LogP contribution in [-0.2, 0) is 0 Å². The summed E-state index contributed by atoms with van der Waals surface area (Å²) in [6.45, 7) is 3.38. The standard InChI is InChI=1S/C18H15ClN2O2/c1-10-15-9-13(19)5-8-16(15)21-17(10)18(23)20-14-6-3-12(4-7-14)11(2)22/h3-9,21H,1-2H3,(H,20,23). The molecule has 0 atom stereocenters. The minimum atomic E-state index is -0.231. The number of benzene rings is 2. The van der Waals surface area contributed by atoms with Gasteiger partial charge in [0.2, 0.25) is 0 Å². The molecule has 0 saturated carbocycles. The third-order valence-electron chi connectivity index (χ3n) is 3.80. The molecule has 2 N–H and O–H groups in total. The number of aromatic nitrogens is 1. The Bertz CT molecular complexity index is 911. The Morgan fingerprint density at radius 3 is 2.43 bits per heavy atom. The van der Waals surface area contributed by atoms with E-state index < -0.39 is 0 Å². The molecular weight excluding hydrogens is 312 g/mol. The van der Waals surface area contributed by atoms with Crippen LogP contribution in [0.5, 0.6) is 0 Å². The van der Waals surface area contributed by atoms with E-state index in [1.54, 1.807) is 30.3 Å². The van der Waals surface area contributed by atoms with Crippen LogP contribution in [0.4, 0.5) is 5.69 Å². The second-order valence-corrected chi connectivity index (χ2v) is 5.84. The van der Waals surface area contributed by atoms with Gasteiger partial charge in [-0.1, -0.05) is 11.6 Å². The number of carbonyl (C=O) groups excluding carboxylic acids is 2. The number of ketones is 1. The Balaban J connectivity index is 1.88. The van der Waals surface area contributed by atoms with E-state index in [1.807, 2.05) is 19.1 Å². The Hall–Kier alpha value is -2.59. The molecule has 0 bridgehead atoms. The first-order chi connectivity index (χ1) is 11.0. The SMILES string of the molecule is CC(=O)c1ccc(NC(=O)c2[nH]c3ccc(Cl)cc3c2C)cc1. The van der Waals surface area contributed by atoms with Gasteiger partial charge in [0, 0.05) is 27.2 Å². The van der Waals surface area contributed by atoms with Crippen LogP contribution in [0.15, 0.2) is 42.5 Å². The van der Waals surface area contributed by atoms with Crippen LogP contribution in [-0.4, -0.2) is 16.7 Å². The van der Waals surface area contributed by atoms with Crippen molar-refractivity contribution in [1.29, 1.82) is 0 Å². The molecule has 3 rings (SSSR count). The van der Waals surface area contributed by atoms with Crippen molar-refractivity contribution in [3.63, 3.8) is 0 Å². The number of nitrogens with one attached hydrogen (secondary N) is 2. The molecule has 5 heteroatoms. The van der Waals surface area contributed by atoms with E-state index in [0.29, 0.717) is 22.0 Å². The highest BCUT2D eigenvalue weighted by molar-refractivity contribution is 6.31. The van der Waals surface area contributed by atoms with Crippen molar-refractivity contribution in [2.75, 3.05) is 5.32 Å². The Kier molecular flexibility index (Phi) is 3.92. The lowest BCUT2D eigenvalue weighted by molar-refractivity contribution is 0.101. The van der Waals surface area contributed by atoms with E-state index >= 15 is 0 Å². The maximum absolute atomic E-state index is 12.5. The van der Waals surface area contributed by atoms with E-state index in [1.165, 1.54) is 6.92 Å². The number of aromatic amines is 1. The number of carbonyl (C=O) groups is 2. The number of amides is 1. The first-order valence-electron chi connectivity index (χ1n) is 7.16. The first-order valence-corrected chi connectivity index (χ1v) is 7.53. The van der Waals surface area contributed by atoms with Gasteiger partial charge in [0.1, 0.15) is 5.69 Å². The van der Waals surface area contributed by atoms with Gasteiger partial charge in [-0.05, 0) is 61.9 Å². The highest BCUT2D eigenvalue weighted by Crippen LogP contribution is 2.25. The lowest BCUT2D eigenvalue weighted by Gasteiger charge is -2.05. The van der Waals surface area contributed by atoms with Crippen LogP contribution in [0.25, 0.3) is 10.9 Å². The Morgan fingerprint density at radius 1 is 1.09 bits per heavy atom. The number of aryl methyl sites for hydroxylation is 1. The second-order valence-electron chi connectivity index (χ2n) is 5.40. The van der Waals surface area contributed by atoms with Crippen molar-refractivity contribution in [2.45, 2.75) is 13.8 Å². The van der Waals surface area contributed by atoms with Gasteiger partial charge in [0.15, 0.2) is 5.78 Å². The number of Topliss-reactive ketones (excluding diaryl/α,β-unsaturated/α-hetero) is 1. The van der Waals surface area contributed by atoms with Crippen LogP contribution in [0, 0.1) is 6.92 Å². The summed E-state index contributed by atoms with van der Waals surface area (Å²) in [5, 5.41) is 4.38. The third kappa shape index (κ3) is 2.98. The molecule has 0 fully saturated rings. The number of hydrogen-bond donors (Lipinski definition) is 2. The van der Waals surface area contributed by atoms with E-state index in [0.717, 1.165) is 16.5 Å². The predicted molar refractivity (Wildman–Crippen MR) is 92.4 cm³/mol. The fourth-order valence-corrected chi connectivity index (χ4v) is 2.68. The summed E-state index contributed by atoms with van der Waals surface area (Å²) in [4.78, 5) is 26.9. The van der Waals surface area contributed by atoms with Crippen LogP contribution < -0.4 is 5.32 Å². The lowest BCUT2D eigenvalue weighted by Crippen LogP contribution is -2.13. The van der Waals surface area contributed by atoms with E-state index in [-0.39, 0.29) is 11.7 Å². The van der Waals surface area contributed by atoms with Crippen LogP contribution in [0.1, 0.15) is 33.3 Å². The molecule has 0 aliphatic rings. The van der Waals surface area contributed by atoms with Gasteiger partial charge in [-0.15, -0.1) is 0 Å². The molecule has 0 aliphatic heterocycles. The van der Waals surface area contributed by atoms with Gasteiger partial charge in [0.25, 0.3) is 5.91 Å². The molecule has 23 heavy (non-hydrogen) atoms. The Morgan fingerprint density at radius 2 is 1.78 bits per heavy atom. The van der Waals surface area contributed by atoms with Crippen LogP contribution in [0.2, 0.25) is 5.02 Å². The van der Waals surface area contributed by atoms with Crippen LogP contribution >= 0.6 is 11.6 Å². The van der Waals surface area contributed by atoms with Crippen molar-refractivity contribution < 1.29 is 9.59 Å². The summed E-state index contributed by atoms with van der Waals surface area (Å²) in [6, 6.07) is 12.3. The summed E-state index contributed by atoms with van der Waals surface area (Å²) in [5.74, 6) is -0.239. The minimum absolute atomic E-state index is 0.00813. The van der Waals surface area contributed by atoms with Crippen molar-refractivity contribution in [3.05, 3.63) is 64.3 Å². The van der Waals surface area contributed by atoms with E-state index in [2.05, 4.69) is 10.3 Å². The van der Waals surface area contributed by atoms with E-state index in [9.17, 15) is 9.59 Å². The molecule has 0 unspecified atom stereocenters. The zero-order valence-electron chi connectivity index (χ0n) is 12.7. The quantitative estimate of drug-likeness (QED) is 0.692. The molecule has 0 aliphatic carbocycles. The fraction of sp³-hybridized carbons (Fsp3) is 0.111. The molecule has 1 heterocycles.